The van der Waals surface area contributed by atoms with Gasteiger partial charge in [0, 0.05) is 19.2 Å². The molecule has 19 heavy (non-hydrogen) atoms. The van der Waals surface area contributed by atoms with Crippen molar-refractivity contribution in [3.8, 4) is 0 Å². The molecule has 0 amide bonds. The van der Waals surface area contributed by atoms with Gasteiger partial charge in [-0.3, -0.25) is 4.79 Å². The first-order chi connectivity index (χ1) is 9.29. The molecule has 0 unspecified atom stereocenters. The lowest BCUT2D eigenvalue weighted by atomic mass is 10.0. The number of nitrogens with one attached hydrogen (secondary N) is 1. The summed E-state index contributed by atoms with van der Waals surface area (Å²) in [4.78, 5) is 11.3. The van der Waals surface area contributed by atoms with Crippen molar-refractivity contribution in [1.29, 1.82) is 0 Å². The van der Waals surface area contributed by atoms with Gasteiger partial charge in [0.2, 0.25) is 0 Å². The number of aromatic nitrogens is 1. The van der Waals surface area contributed by atoms with Crippen molar-refractivity contribution >= 4 is 5.97 Å². The molecule has 0 saturated heterocycles. The van der Waals surface area contributed by atoms with Crippen LogP contribution in [0.25, 0.3) is 0 Å². The van der Waals surface area contributed by atoms with Crippen LogP contribution in [-0.2, 0) is 29.0 Å². The Morgan fingerprint density at radius 2 is 2.05 bits per heavy atom. The molecular formula is C14H16N2O3. The van der Waals surface area contributed by atoms with Gasteiger partial charge in [0.05, 0.1) is 19.2 Å². The molecule has 0 radical (unpaired) electrons. The maximum Gasteiger partial charge on any atom is 0.309 e. The third-order valence-electron chi connectivity index (χ3n) is 2.79. The first-order valence-electron chi connectivity index (χ1n) is 6.03. The minimum atomic E-state index is -0.232. The zero-order valence-corrected chi connectivity index (χ0v) is 10.8. The number of methoxy groups -OCH3 is 1. The van der Waals surface area contributed by atoms with E-state index in [2.05, 4.69) is 10.5 Å². The number of hydrogen-bond donors (Lipinski definition) is 1. The van der Waals surface area contributed by atoms with E-state index in [1.807, 2.05) is 30.3 Å². The normalized spacial score (nSPS) is 10.4. The van der Waals surface area contributed by atoms with Crippen molar-refractivity contribution < 1.29 is 14.1 Å². The molecule has 0 saturated carbocycles. The van der Waals surface area contributed by atoms with E-state index in [1.54, 1.807) is 6.26 Å². The largest absolute Gasteiger partial charge is 0.469 e. The summed E-state index contributed by atoms with van der Waals surface area (Å²) in [6.07, 6.45) is 1.83. The molecule has 0 atom stereocenters. The van der Waals surface area contributed by atoms with E-state index < -0.39 is 0 Å². The van der Waals surface area contributed by atoms with Crippen molar-refractivity contribution in [2.45, 2.75) is 19.5 Å². The first kappa shape index (κ1) is 13.3. The Bertz CT molecular complexity index is 523. The molecule has 1 N–H and O–H groups in total. The molecule has 0 spiro atoms. The van der Waals surface area contributed by atoms with E-state index in [0.29, 0.717) is 13.1 Å². The van der Waals surface area contributed by atoms with Gasteiger partial charge in [0.15, 0.2) is 0 Å². The molecule has 0 aliphatic rings. The van der Waals surface area contributed by atoms with Gasteiger partial charge in [-0.05, 0) is 11.1 Å². The number of carbonyl (C=O) groups is 1. The average molecular weight is 260 g/mol. The Morgan fingerprint density at radius 3 is 2.74 bits per heavy atom. The summed E-state index contributed by atoms with van der Waals surface area (Å²) < 4.78 is 9.45. The summed E-state index contributed by atoms with van der Waals surface area (Å²) in [6, 6.07) is 9.61. The maximum atomic E-state index is 11.3. The summed E-state index contributed by atoms with van der Waals surface area (Å²) in [5.74, 6) is -0.232. The van der Waals surface area contributed by atoms with Gasteiger partial charge in [-0.2, -0.15) is 0 Å². The fourth-order valence-electron chi connectivity index (χ4n) is 1.78. The number of ether oxygens (including phenoxy) is 1. The minimum Gasteiger partial charge on any atom is -0.469 e. The van der Waals surface area contributed by atoms with E-state index in [4.69, 9.17) is 9.26 Å². The molecule has 5 nitrogen and oxygen atoms in total. The molecule has 0 aliphatic heterocycles. The smallest absolute Gasteiger partial charge is 0.309 e. The lowest BCUT2D eigenvalue weighted by molar-refractivity contribution is -0.139. The third-order valence-corrected chi connectivity index (χ3v) is 2.79. The molecule has 0 fully saturated rings. The molecule has 1 aromatic carbocycles. The van der Waals surface area contributed by atoms with Crippen LogP contribution >= 0.6 is 0 Å². The molecule has 2 aromatic rings. The number of nitrogens with zero attached hydrogens (tertiary/aromatic N) is 1. The Morgan fingerprint density at radius 1 is 1.26 bits per heavy atom. The van der Waals surface area contributed by atoms with Gasteiger partial charge in [0.1, 0.15) is 6.26 Å². The monoisotopic (exact) mass is 260 g/mol. The molecule has 1 heterocycles. The highest BCUT2D eigenvalue weighted by Gasteiger charge is 2.07. The van der Waals surface area contributed by atoms with Crippen molar-refractivity contribution in [2.75, 3.05) is 7.11 Å². The fraction of sp³-hybridized carbons (Fsp3) is 0.286. The van der Waals surface area contributed by atoms with E-state index in [9.17, 15) is 4.79 Å². The summed E-state index contributed by atoms with van der Waals surface area (Å²) in [7, 11) is 1.40. The van der Waals surface area contributed by atoms with Crippen molar-refractivity contribution in [3.05, 3.63) is 53.4 Å². The van der Waals surface area contributed by atoms with E-state index in [0.717, 1.165) is 16.8 Å². The maximum absolute atomic E-state index is 11.3. The predicted molar refractivity (Wildman–Crippen MR) is 69.2 cm³/mol. The topological polar surface area (TPSA) is 64.4 Å². The highest BCUT2D eigenvalue weighted by molar-refractivity contribution is 5.72. The minimum absolute atomic E-state index is 0.232. The van der Waals surface area contributed by atoms with Crippen LogP contribution in [0.4, 0.5) is 0 Å². The zero-order valence-electron chi connectivity index (χ0n) is 10.8. The van der Waals surface area contributed by atoms with Gasteiger partial charge in [-0.1, -0.05) is 29.4 Å². The standard InChI is InChI=1S/C14H16N2O3/c1-18-14(17)8-11-4-2-3-5-12(11)9-15-10-13-6-7-19-16-13/h2-7,15H,8-10H2,1H3. The SMILES string of the molecule is COC(=O)Cc1ccccc1CNCc1ccon1. The summed E-state index contributed by atoms with van der Waals surface area (Å²) in [5.41, 5.74) is 2.91. The van der Waals surface area contributed by atoms with Gasteiger partial charge in [0.25, 0.3) is 0 Å². The Kier molecular flexibility index (Phi) is 4.69. The molecule has 0 bridgehead atoms. The van der Waals surface area contributed by atoms with Crippen LogP contribution in [0.1, 0.15) is 16.8 Å². The van der Waals surface area contributed by atoms with E-state index in [-0.39, 0.29) is 12.4 Å². The van der Waals surface area contributed by atoms with Gasteiger partial charge in [-0.15, -0.1) is 0 Å². The van der Waals surface area contributed by atoms with E-state index in [1.165, 1.54) is 7.11 Å². The van der Waals surface area contributed by atoms with Crippen LogP contribution in [0.5, 0.6) is 0 Å². The van der Waals surface area contributed by atoms with Crippen molar-refractivity contribution in [3.63, 3.8) is 0 Å². The zero-order chi connectivity index (χ0) is 13.5. The third kappa shape index (κ3) is 3.93. The molecule has 100 valence electrons. The lowest BCUT2D eigenvalue weighted by Crippen LogP contribution is -2.15. The second-order valence-corrected chi connectivity index (χ2v) is 4.12. The van der Waals surface area contributed by atoms with Crippen molar-refractivity contribution in [1.82, 2.24) is 10.5 Å². The number of esters is 1. The second kappa shape index (κ2) is 6.70. The van der Waals surface area contributed by atoms with Gasteiger partial charge >= 0.3 is 5.97 Å². The first-order valence-corrected chi connectivity index (χ1v) is 6.03. The predicted octanol–water partition coefficient (Wildman–Crippen LogP) is 1.68. The van der Waals surface area contributed by atoms with E-state index >= 15 is 0 Å². The molecule has 2 rings (SSSR count). The number of benzene rings is 1. The summed E-state index contributed by atoms with van der Waals surface area (Å²) in [5, 5.41) is 7.08. The Balaban J connectivity index is 1.93. The number of rotatable bonds is 6. The van der Waals surface area contributed by atoms with Crippen LogP contribution in [0.2, 0.25) is 0 Å². The van der Waals surface area contributed by atoms with Gasteiger partial charge in [-0.25, -0.2) is 0 Å². The quantitative estimate of drug-likeness (QED) is 0.800. The average Bonchev–Trinajstić information content (AvgIpc) is 2.94. The van der Waals surface area contributed by atoms with Gasteiger partial charge < -0.3 is 14.6 Å². The van der Waals surface area contributed by atoms with Crippen LogP contribution in [-0.4, -0.2) is 18.2 Å². The highest BCUT2D eigenvalue weighted by Crippen LogP contribution is 2.10. The van der Waals surface area contributed by atoms with Crippen molar-refractivity contribution in [2.24, 2.45) is 0 Å². The molecular weight excluding hydrogens is 244 g/mol. The van der Waals surface area contributed by atoms with Crippen LogP contribution in [0, 0.1) is 0 Å². The van der Waals surface area contributed by atoms with Crippen LogP contribution in [0.15, 0.2) is 41.1 Å². The Hall–Kier alpha value is -2.14. The lowest BCUT2D eigenvalue weighted by Gasteiger charge is -2.09. The number of hydrogen-bond acceptors (Lipinski definition) is 5. The molecule has 1 aromatic heterocycles. The van der Waals surface area contributed by atoms with Crippen LogP contribution < -0.4 is 5.32 Å². The molecule has 5 heteroatoms. The summed E-state index contributed by atoms with van der Waals surface area (Å²) >= 11 is 0. The second-order valence-electron chi connectivity index (χ2n) is 4.12. The molecule has 0 aliphatic carbocycles. The highest BCUT2D eigenvalue weighted by atomic mass is 16.5. The Labute approximate surface area is 111 Å². The number of carbonyl (C=O) groups excluding carboxylic acids is 1. The summed E-state index contributed by atoms with van der Waals surface area (Å²) in [6.45, 7) is 1.29. The fourth-order valence-corrected chi connectivity index (χ4v) is 1.78. The van der Waals surface area contributed by atoms with Crippen LogP contribution in [0.3, 0.4) is 0 Å².